The molecule has 0 aliphatic heterocycles. The molecular formula is C28H33N5O5S. The summed E-state index contributed by atoms with van der Waals surface area (Å²) in [7, 11) is 3.03. The number of aromatic nitrogens is 1. The fourth-order valence-corrected chi connectivity index (χ4v) is 5.63. The summed E-state index contributed by atoms with van der Waals surface area (Å²) < 4.78 is 14.9. The molecular weight excluding hydrogens is 518 g/mol. The van der Waals surface area contributed by atoms with Crippen molar-refractivity contribution < 1.29 is 23.9 Å². The number of anilines is 2. The Kier molecular flexibility index (Phi) is 8.39. The maximum atomic E-state index is 14.3. The first kappa shape index (κ1) is 27.9. The third-order valence-corrected chi connectivity index (χ3v) is 7.99. The van der Waals surface area contributed by atoms with Crippen molar-refractivity contribution >= 4 is 40.6 Å². The number of carbonyl (C=O) groups excluding carboxylic acids is 3. The molecule has 0 radical (unpaired) electrons. The van der Waals surface area contributed by atoms with Crippen LogP contribution in [0.4, 0.5) is 11.4 Å². The van der Waals surface area contributed by atoms with Gasteiger partial charge in [-0.1, -0.05) is 31.0 Å². The molecule has 1 saturated carbocycles. The summed E-state index contributed by atoms with van der Waals surface area (Å²) in [4.78, 5) is 41.7. The Morgan fingerprint density at radius 3 is 2.38 bits per heavy atom. The summed E-state index contributed by atoms with van der Waals surface area (Å²) in [5.41, 5.74) is 14.1. The SMILES string of the molecule is COc1ccc([C@H](C(=O)NC2CCCC2)N(C(=O)c2snc(C(N)=O)c2N)c2cccc(C)c2C)cc1OC. The van der Waals surface area contributed by atoms with E-state index in [2.05, 4.69) is 9.69 Å². The molecule has 4 rings (SSSR count). The van der Waals surface area contributed by atoms with E-state index in [4.69, 9.17) is 20.9 Å². The van der Waals surface area contributed by atoms with E-state index in [9.17, 15) is 14.4 Å². The van der Waals surface area contributed by atoms with E-state index in [-0.39, 0.29) is 28.2 Å². The highest BCUT2D eigenvalue weighted by atomic mass is 32.1. The van der Waals surface area contributed by atoms with Crippen LogP contribution in [0.25, 0.3) is 0 Å². The van der Waals surface area contributed by atoms with Crippen LogP contribution in [0.3, 0.4) is 0 Å². The molecule has 11 heteroatoms. The van der Waals surface area contributed by atoms with Crippen molar-refractivity contribution in [1.82, 2.24) is 9.69 Å². The van der Waals surface area contributed by atoms with Crippen LogP contribution in [0.2, 0.25) is 0 Å². The van der Waals surface area contributed by atoms with Crippen LogP contribution in [0.5, 0.6) is 11.5 Å². The maximum Gasteiger partial charge on any atom is 0.273 e. The zero-order valence-corrected chi connectivity index (χ0v) is 23.3. The van der Waals surface area contributed by atoms with Gasteiger partial charge in [0.2, 0.25) is 5.91 Å². The number of nitrogens with one attached hydrogen (secondary N) is 1. The van der Waals surface area contributed by atoms with Crippen LogP contribution in [0.15, 0.2) is 36.4 Å². The quantitative estimate of drug-likeness (QED) is 0.365. The highest BCUT2D eigenvalue weighted by Crippen LogP contribution is 2.38. The lowest BCUT2D eigenvalue weighted by Gasteiger charge is -2.33. The Balaban J connectivity index is 1.94. The van der Waals surface area contributed by atoms with Gasteiger partial charge in [0.15, 0.2) is 17.2 Å². The second kappa shape index (κ2) is 11.7. The van der Waals surface area contributed by atoms with E-state index in [1.165, 1.54) is 19.1 Å². The minimum absolute atomic E-state index is 0.00522. The first-order valence-corrected chi connectivity index (χ1v) is 13.4. The lowest BCUT2D eigenvalue weighted by Crippen LogP contribution is -2.46. The molecule has 0 bridgehead atoms. The van der Waals surface area contributed by atoms with Crippen molar-refractivity contribution in [2.45, 2.75) is 51.6 Å². The lowest BCUT2D eigenvalue weighted by atomic mass is 9.99. The molecule has 0 saturated heterocycles. The first-order chi connectivity index (χ1) is 18.7. The molecule has 0 unspecified atom stereocenters. The van der Waals surface area contributed by atoms with E-state index >= 15 is 0 Å². The number of rotatable bonds is 9. The molecule has 1 aliphatic carbocycles. The first-order valence-electron chi connectivity index (χ1n) is 12.6. The van der Waals surface area contributed by atoms with Gasteiger partial charge < -0.3 is 26.3 Å². The summed E-state index contributed by atoms with van der Waals surface area (Å²) in [6, 6.07) is 9.55. The van der Waals surface area contributed by atoms with Crippen molar-refractivity contribution in [2.24, 2.45) is 5.73 Å². The van der Waals surface area contributed by atoms with Crippen LogP contribution in [-0.2, 0) is 4.79 Å². The van der Waals surface area contributed by atoms with E-state index in [1.807, 2.05) is 26.0 Å². The van der Waals surface area contributed by atoms with Crippen molar-refractivity contribution in [1.29, 1.82) is 0 Å². The van der Waals surface area contributed by atoms with Crippen LogP contribution in [0, 0.1) is 13.8 Å². The average Bonchev–Trinajstić information content (AvgIpc) is 3.57. The predicted molar refractivity (Wildman–Crippen MR) is 150 cm³/mol. The molecule has 3 amide bonds. The van der Waals surface area contributed by atoms with E-state index in [0.29, 0.717) is 22.7 Å². The Hall–Kier alpha value is -4.12. The molecule has 1 atom stereocenters. The number of methoxy groups -OCH3 is 2. The number of amides is 3. The number of hydrogen-bond donors (Lipinski definition) is 3. The monoisotopic (exact) mass is 551 g/mol. The summed E-state index contributed by atoms with van der Waals surface area (Å²) in [6.07, 6.45) is 3.79. The van der Waals surface area contributed by atoms with Crippen LogP contribution in [0.1, 0.15) is 68.6 Å². The Labute approximate surface area is 231 Å². The molecule has 1 heterocycles. The van der Waals surface area contributed by atoms with Gasteiger partial charge in [0.05, 0.1) is 19.9 Å². The van der Waals surface area contributed by atoms with Crippen molar-refractivity contribution in [2.75, 3.05) is 24.9 Å². The van der Waals surface area contributed by atoms with Gasteiger partial charge in [0, 0.05) is 11.7 Å². The topological polar surface area (TPSA) is 150 Å². The number of primary amides is 1. The number of aryl methyl sites for hydroxylation is 1. The molecule has 1 aliphatic rings. The molecule has 1 aromatic heterocycles. The van der Waals surface area contributed by atoms with Crippen LogP contribution in [-0.4, -0.2) is 42.4 Å². The Morgan fingerprint density at radius 1 is 1.08 bits per heavy atom. The third kappa shape index (κ3) is 5.53. The van der Waals surface area contributed by atoms with Crippen LogP contribution < -0.4 is 31.2 Å². The lowest BCUT2D eigenvalue weighted by molar-refractivity contribution is -0.123. The number of nitrogens with two attached hydrogens (primary N) is 2. The summed E-state index contributed by atoms with van der Waals surface area (Å²) in [5.74, 6) is -0.861. The van der Waals surface area contributed by atoms with E-state index in [0.717, 1.165) is 48.3 Å². The smallest absolute Gasteiger partial charge is 0.273 e. The zero-order valence-electron chi connectivity index (χ0n) is 22.4. The number of ether oxygens (including phenoxy) is 2. The molecule has 206 valence electrons. The summed E-state index contributed by atoms with van der Waals surface area (Å²) in [6.45, 7) is 3.81. The van der Waals surface area contributed by atoms with Gasteiger partial charge in [0.1, 0.15) is 10.9 Å². The van der Waals surface area contributed by atoms with E-state index < -0.39 is 17.9 Å². The van der Waals surface area contributed by atoms with Gasteiger partial charge in [-0.25, -0.2) is 0 Å². The zero-order chi connectivity index (χ0) is 28.3. The highest BCUT2D eigenvalue weighted by Gasteiger charge is 2.38. The van der Waals surface area contributed by atoms with Crippen LogP contribution >= 0.6 is 11.5 Å². The Morgan fingerprint density at radius 2 is 1.77 bits per heavy atom. The molecule has 3 aromatic rings. The van der Waals surface area contributed by atoms with Gasteiger partial charge in [-0.15, -0.1) is 0 Å². The highest BCUT2D eigenvalue weighted by molar-refractivity contribution is 7.09. The number of nitrogen functional groups attached to an aromatic ring is 1. The number of hydrogen-bond acceptors (Lipinski definition) is 8. The second-order valence-electron chi connectivity index (χ2n) is 9.54. The van der Waals surface area contributed by atoms with Gasteiger partial charge in [-0.3, -0.25) is 19.3 Å². The largest absolute Gasteiger partial charge is 0.493 e. The fourth-order valence-electron chi connectivity index (χ4n) is 4.89. The molecule has 2 aromatic carbocycles. The van der Waals surface area contributed by atoms with Gasteiger partial charge in [0.25, 0.3) is 11.8 Å². The standard InChI is InChI=1S/C28H33N5O5S/c1-15-8-7-11-19(16(15)2)33(28(36)25-22(29)23(26(30)34)32-39-25)24(27(35)31-18-9-5-6-10-18)17-12-13-20(37-3)21(14-17)38-4/h7-8,11-14,18,24H,5-6,9-10,29H2,1-4H3,(H2,30,34)(H,31,35)/t24-/m1/s1. The molecule has 0 spiro atoms. The summed E-state index contributed by atoms with van der Waals surface area (Å²) in [5, 5.41) is 3.15. The minimum atomic E-state index is -1.10. The average molecular weight is 552 g/mol. The maximum absolute atomic E-state index is 14.3. The second-order valence-corrected chi connectivity index (χ2v) is 10.3. The molecule has 10 nitrogen and oxygen atoms in total. The van der Waals surface area contributed by atoms with Gasteiger partial charge in [-0.05, 0) is 73.1 Å². The van der Waals surface area contributed by atoms with Crippen molar-refractivity contribution in [3.8, 4) is 11.5 Å². The predicted octanol–water partition coefficient (Wildman–Crippen LogP) is 3.91. The normalized spacial score (nSPS) is 14.1. The van der Waals surface area contributed by atoms with Gasteiger partial charge >= 0.3 is 0 Å². The van der Waals surface area contributed by atoms with Crippen molar-refractivity contribution in [3.05, 3.63) is 63.7 Å². The molecule has 1 fully saturated rings. The number of carbonyl (C=O) groups is 3. The Bertz CT molecular complexity index is 1400. The minimum Gasteiger partial charge on any atom is -0.493 e. The third-order valence-electron chi connectivity index (χ3n) is 7.14. The van der Waals surface area contributed by atoms with Crippen molar-refractivity contribution in [3.63, 3.8) is 0 Å². The van der Waals surface area contributed by atoms with Gasteiger partial charge in [-0.2, -0.15) is 4.37 Å². The fraction of sp³-hybridized carbons (Fsp3) is 0.357. The number of nitrogens with zero attached hydrogens (tertiary/aromatic N) is 2. The van der Waals surface area contributed by atoms with E-state index in [1.54, 1.807) is 24.3 Å². The number of benzene rings is 2. The molecule has 39 heavy (non-hydrogen) atoms. The molecule has 5 N–H and O–H groups in total. The summed E-state index contributed by atoms with van der Waals surface area (Å²) >= 11 is 0.773.